The molecule has 19 heavy (non-hydrogen) atoms. The molecule has 1 aliphatic heterocycles. The molecule has 0 saturated carbocycles. The van der Waals surface area contributed by atoms with Crippen LogP contribution < -0.4 is 5.73 Å². The van der Waals surface area contributed by atoms with Crippen LogP contribution in [0.25, 0.3) is 0 Å². The van der Waals surface area contributed by atoms with Gasteiger partial charge in [-0.05, 0) is 38.2 Å². The van der Waals surface area contributed by atoms with Crippen LogP contribution in [0.15, 0.2) is 0 Å². The van der Waals surface area contributed by atoms with Crippen molar-refractivity contribution in [1.82, 2.24) is 4.90 Å². The molecule has 0 radical (unpaired) electrons. The van der Waals surface area contributed by atoms with Crippen molar-refractivity contribution >= 4 is 23.6 Å². The molecule has 1 amide bonds. The monoisotopic (exact) mass is 288 g/mol. The summed E-state index contributed by atoms with van der Waals surface area (Å²) in [7, 11) is 0. The van der Waals surface area contributed by atoms with Crippen LogP contribution in [0.5, 0.6) is 0 Å². The minimum atomic E-state index is -0.411. The van der Waals surface area contributed by atoms with Crippen molar-refractivity contribution in [2.45, 2.75) is 32.2 Å². The van der Waals surface area contributed by atoms with Crippen molar-refractivity contribution < 1.29 is 14.3 Å². The van der Waals surface area contributed by atoms with Gasteiger partial charge in [0, 0.05) is 13.1 Å². The minimum Gasteiger partial charge on any atom is -0.466 e. The fraction of sp³-hybridized carbons (Fsp3) is 0.846. The second-order valence-corrected chi connectivity index (χ2v) is 5.73. The Morgan fingerprint density at radius 1 is 1.42 bits per heavy atom. The van der Waals surface area contributed by atoms with E-state index in [1.807, 2.05) is 6.26 Å². The maximum absolute atomic E-state index is 12.1. The summed E-state index contributed by atoms with van der Waals surface area (Å²) in [5.74, 6) is 0.704. The van der Waals surface area contributed by atoms with Crippen LogP contribution in [0, 0.1) is 5.92 Å². The highest BCUT2D eigenvalue weighted by Crippen LogP contribution is 2.19. The van der Waals surface area contributed by atoms with Crippen LogP contribution in [0.4, 0.5) is 0 Å². The summed E-state index contributed by atoms with van der Waals surface area (Å²) >= 11 is 1.69. The highest BCUT2D eigenvalue weighted by atomic mass is 32.2. The zero-order chi connectivity index (χ0) is 14.3. The fourth-order valence-corrected chi connectivity index (χ4v) is 2.69. The van der Waals surface area contributed by atoms with Crippen LogP contribution in [0.1, 0.15) is 26.2 Å². The fourth-order valence-electron chi connectivity index (χ4n) is 2.20. The van der Waals surface area contributed by atoms with Gasteiger partial charge in [0.05, 0.1) is 18.6 Å². The second-order valence-electron chi connectivity index (χ2n) is 4.74. The molecule has 1 saturated heterocycles. The van der Waals surface area contributed by atoms with Gasteiger partial charge in [0.2, 0.25) is 5.91 Å². The Morgan fingerprint density at radius 3 is 2.58 bits per heavy atom. The topological polar surface area (TPSA) is 72.6 Å². The molecular weight excluding hydrogens is 264 g/mol. The smallest absolute Gasteiger partial charge is 0.309 e. The highest BCUT2D eigenvalue weighted by molar-refractivity contribution is 7.98. The number of carbonyl (C=O) groups excluding carboxylic acids is 2. The Labute approximate surface area is 119 Å². The largest absolute Gasteiger partial charge is 0.466 e. The zero-order valence-electron chi connectivity index (χ0n) is 11.8. The maximum Gasteiger partial charge on any atom is 0.309 e. The zero-order valence-corrected chi connectivity index (χ0v) is 12.6. The molecule has 110 valence electrons. The molecule has 1 rings (SSSR count). The van der Waals surface area contributed by atoms with Gasteiger partial charge in [-0.25, -0.2) is 0 Å². The van der Waals surface area contributed by atoms with Crippen molar-refractivity contribution in [1.29, 1.82) is 0 Å². The SMILES string of the molecule is CCOC(=O)C1CCN(C(=O)[C@@H](N)CCSC)CC1. The molecule has 1 heterocycles. The summed E-state index contributed by atoms with van der Waals surface area (Å²) in [4.78, 5) is 25.5. The third-order valence-electron chi connectivity index (χ3n) is 3.38. The highest BCUT2D eigenvalue weighted by Gasteiger charge is 2.29. The lowest BCUT2D eigenvalue weighted by Gasteiger charge is -2.32. The minimum absolute atomic E-state index is 0.0105. The van der Waals surface area contributed by atoms with E-state index in [1.165, 1.54) is 0 Å². The van der Waals surface area contributed by atoms with E-state index in [4.69, 9.17) is 10.5 Å². The summed E-state index contributed by atoms with van der Waals surface area (Å²) in [6.07, 6.45) is 4.07. The van der Waals surface area contributed by atoms with Gasteiger partial charge in [0.25, 0.3) is 0 Å². The summed E-state index contributed by atoms with van der Waals surface area (Å²) < 4.78 is 5.01. The van der Waals surface area contributed by atoms with Crippen LogP contribution in [0.3, 0.4) is 0 Å². The van der Waals surface area contributed by atoms with Crippen molar-refractivity contribution in [2.75, 3.05) is 31.7 Å². The number of ether oxygens (including phenoxy) is 1. The molecule has 0 aromatic heterocycles. The number of hydrogen-bond donors (Lipinski definition) is 1. The number of hydrogen-bond acceptors (Lipinski definition) is 5. The van der Waals surface area contributed by atoms with Crippen LogP contribution in [-0.4, -0.2) is 54.5 Å². The van der Waals surface area contributed by atoms with E-state index in [2.05, 4.69) is 0 Å². The number of thioether (sulfide) groups is 1. The van der Waals surface area contributed by atoms with Crippen LogP contribution in [-0.2, 0) is 14.3 Å². The first-order valence-electron chi connectivity index (χ1n) is 6.80. The van der Waals surface area contributed by atoms with Gasteiger partial charge in [-0.1, -0.05) is 0 Å². The molecule has 2 N–H and O–H groups in total. The number of nitrogens with two attached hydrogens (primary N) is 1. The standard InChI is InChI=1S/C13H24N2O3S/c1-3-18-13(17)10-4-7-15(8-5-10)12(16)11(14)6-9-19-2/h10-11H,3-9,14H2,1-2H3/t11-/m0/s1. The third-order valence-corrected chi connectivity index (χ3v) is 4.02. The van der Waals surface area contributed by atoms with Crippen molar-refractivity contribution in [3.63, 3.8) is 0 Å². The molecule has 0 bridgehead atoms. The first kappa shape index (κ1) is 16.3. The number of likely N-dealkylation sites (tertiary alicyclic amines) is 1. The van der Waals surface area contributed by atoms with E-state index in [1.54, 1.807) is 23.6 Å². The number of nitrogens with zero attached hydrogens (tertiary/aromatic N) is 1. The van der Waals surface area contributed by atoms with Gasteiger partial charge in [0.15, 0.2) is 0 Å². The molecular formula is C13H24N2O3S. The van der Waals surface area contributed by atoms with Gasteiger partial charge in [0.1, 0.15) is 0 Å². The molecule has 0 aromatic carbocycles. The molecule has 0 aliphatic carbocycles. The quantitative estimate of drug-likeness (QED) is 0.734. The maximum atomic E-state index is 12.1. The van der Waals surface area contributed by atoms with E-state index < -0.39 is 6.04 Å². The second kappa shape index (κ2) is 8.43. The van der Waals surface area contributed by atoms with E-state index >= 15 is 0 Å². The van der Waals surface area contributed by atoms with Crippen LogP contribution in [0.2, 0.25) is 0 Å². The number of esters is 1. The van der Waals surface area contributed by atoms with E-state index in [0.29, 0.717) is 39.0 Å². The lowest BCUT2D eigenvalue weighted by atomic mass is 9.96. The molecule has 1 fully saturated rings. The molecule has 5 nitrogen and oxygen atoms in total. The van der Waals surface area contributed by atoms with Gasteiger partial charge in [-0.3, -0.25) is 9.59 Å². The number of piperidine rings is 1. The van der Waals surface area contributed by atoms with E-state index in [-0.39, 0.29) is 17.8 Å². The summed E-state index contributed by atoms with van der Waals surface area (Å²) in [5, 5.41) is 0. The molecule has 1 aliphatic rings. The van der Waals surface area contributed by atoms with Gasteiger partial charge in [-0.15, -0.1) is 0 Å². The lowest BCUT2D eigenvalue weighted by molar-refractivity contribution is -0.151. The average molecular weight is 288 g/mol. The predicted octanol–water partition coefficient (Wildman–Crippen LogP) is 0.869. The van der Waals surface area contributed by atoms with Crippen molar-refractivity contribution in [2.24, 2.45) is 11.7 Å². The van der Waals surface area contributed by atoms with Crippen molar-refractivity contribution in [3.05, 3.63) is 0 Å². The molecule has 0 unspecified atom stereocenters. The Balaban J connectivity index is 2.36. The Morgan fingerprint density at radius 2 is 2.05 bits per heavy atom. The molecule has 0 spiro atoms. The average Bonchev–Trinajstić information content (AvgIpc) is 2.44. The van der Waals surface area contributed by atoms with Crippen LogP contribution >= 0.6 is 11.8 Å². The van der Waals surface area contributed by atoms with Crippen molar-refractivity contribution in [3.8, 4) is 0 Å². The summed E-state index contributed by atoms with van der Waals surface area (Å²) in [6, 6.07) is -0.411. The van der Waals surface area contributed by atoms with Gasteiger partial charge < -0.3 is 15.4 Å². The molecule has 0 aromatic rings. The van der Waals surface area contributed by atoms with Gasteiger partial charge in [-0.2, -0.15) is 11.8 Å². The normalized spacial score (nSPS) is 18.2. The predicted molar refractivity (Wildman–Crippen MR) is 76.9 cm³/mol. The Hall–Kier alpha value is -0.750. The Kier molecular flexibility index (Phi) is 7.23. The summed E-state index contributed by atoms with van der Waals surface area (Å²) in [5.41, 5.74) is 5.88. The van der Waals surface area contributed by atoms with E-state index in [9.17, 15) is 9.59 Å². The number of rotatable bonds is 6. The molecule has 1 atom stereocenters. The third kappa shape index (κ3) is 5.03. The lowest BCUT2D eigenvalue weighted by Crippen LogP contribution is -2.48. The van der Waals surface area contributed by atoms with E-state index in [0.717, 1.165) is 5.75 Å². The van der Waals surface area contributed by atoms with Gasteiger partial charge >= 0.3 is 5.97 Å². The Bertz CT molecular complexity index is 304. The summed E-state index contributed by atoms with van der Waals surface area (Å²) in [6.45, 7) is 3.43. The number of carbonyl (C=O) groups is 2. The number of amides is 1. The first-order valence-corrected chi connectivity index (χ1v) is 8.19. The first-order chi connectivity index (χ1) is 9.10. The molecule has 6 heteroatoms.